The Morgan fingerprint density at radius 2 is 1.19 bits per heavy atom. The molecule has 43 heavy (non-hydrogen) atoms. The number of nitrogens with zero attached hydrogens (tertiary/aromatic N) is 2. The molecule has 1 atom stereocenters. The van der Waals surface area contributed by atoms with Crippen molar-refractivity contribution in [3.63, 3.8) is 0 Å². The maximum absolute atomic E-state index is 14.1. The quantitative estimate of drug-likeness (QED) is 0.250. The van der Waals surface area contributed by atoms with E-state index in [4.69, 9.17) is 0 Å². The summed E-state index contributed by atoms with van der Waals surface area (Å²) in [7, 11) is -13.9. The van der Waals surface area contributed by atoms with E-state index in [-0.39, 0.29) is 33.1 Å². The van der Waals surface area contributed by atoms with Crippen molar-refractivity contribution in [3.8, 4) is 0 Å². The molecule has 1 heterocycles. The van der Waals surface area contributed by atoms with Crippen molar-refractivity contribution >= 4 is 36.0 Å². The van der Waals surface area contributed by atoms with E-state index < -0.39 is 48.6 Å². The molecule has 4 aromatic rings. The molecule has 1 unspecified atom stereocenters. The lowest BCUT2D eigenvalue weighted by Gasteiger charge is -2.31. The maximum Gasteiger partial charge on any atom is 0.269 e. The minimum atomic E-state index is -4.75. The van der Waals surface area contributed by atoms with Crippen molar-refractivity contribution in [1.29, 1.82) is 0 Å². The number of hydrogen-bond acceptors (Lipinski definition) is 7. The van der Waals surface area contributed by atoms with Gasteiger partial charge in [0.25, 0.3) is 36.0 Å². The Hall–Kier alpha value is -3.84. The molecular formula is C31H30N2O7S3. The largest absolute Gasteiger partial charge is 0.269 e. The predicted molar refractivity (Wildman–Crippen MR) is 162 cm³/mol. The molecule has 0 spiro atoms. The van der Waals surface area contributed by atoms with Gasteiger partial charge in [-0.2, -0.15) is 0 Å². The second kappa shape index (κ2) is 11.7. The van der Waals surface area contributed by atoms with Gasteiger partial charge in [-0.1, -0.05) is 81.6 Å². The van der Waals surface area contributed by atoms with Crippen LogP contribution in [-0.2, 0) is 36.5 Å². The summed E-state index contributed by atoms with van der Waals surface area (Å²) >= 11 is 0. The number of rotatable bonds is 10. The smallest absolute Gasteiger partial charge is 0.268 e. The zero-order valence-electron chi connectivity index (χ0n) is 23.5. The Bertz CT molecular complexity index is 1900. The van der Waals surface area contributed by atoms with E-state index in [0.717, 1.165) is 16.7 Å². The van der Waals surface area contributed by atoms with E-state index in [1.54, 1.807) is 50.2 Å². The van der Waals surface area contributed by atoms with Crippen molar-refractivity contribution in [2.75, 3.05) is 6.54 Å². The van der Waals surface area contributed by atoms with Crippen LogP contribution in [-0.4, -0.2) is 51.8 Å². The monoisotopic (exact) mass is 638 g/mol. The minimum Gasteiger partial charge on any atom is -0.268 e. The molecule has 0 N–H and O–H groups in total. The van der Waals surface area contributed by atoms with Crippen LogP contribution < -0.4 is 0 Å². The van der Waals surface area contributed by atoms with Crippen LogP contribution >= 0.6 is 0 Å². The standard InChI is InChI=1S/C31H30N2O7S3/c1-23-12-18-27(19-13-23)41(35,36)32(42(37,38)28-20-14-24(2)15-21-28)22-26(17-16-25-8-4-3-5-9-25)33-31(34)29-10-6-7-11-30(29)43(33,39)40/h3-15,18-21,26H,16-17,22H2,1-2H3. The summed E-state index contributed by atoms with van der Waals surface area (Å²) in [6.07, 6.45) is 0.219. The summed E-state index contributed by atoms with van der Waals surface area (Å²) in [5, 5.41) is 0. The van der Waals surface area contributed by atoms with Crippen molar-refractivity contribution in [2.45, 2.75) is 47.4 Å². The highest BCUT2D eigenvalue weighted by molar-refractivity contribution is 8.04. The van der Waals surface area contributed by atoms with E-state index in [0.29, 0.717) is 8.02 Å². The third-order valence-electron chi connectivity index (χ3n) is 7.33. The highest BCUT2D eigenvalue weighted by Gasteiger charge is 2.48. The van der Waals surface area contributed by atoms with Gasteiger partial charge in [-0.25, -0.2) is 29.6 Å². The molecule has 0 saturated heterocycles. The Morgan fingerprint density at radius 3 is 1.70 bits per heavy atom. The van der Waals surface area contributed by atoms with E-state index in [1.807, 2.05) is 18.2 Å². The molecule has 9 nitrogen and oxygen atoms in total. The molecule has 224 valence electrons. The number of hydrogen-bond donors (Lipinski definition) is 0. The fourth-order valence-electron chi connectivity index (χ4n) is 4.98. The van der Waals surface area contributed by atoms with Crippen molar-refractivity contribution < 1.29 is 30.0 Å². The first-order valence-electron chi connectivity index (χ1n) is 13.5. The summed E-state index contributed by atoms with van der Waals surface area (Å²) in [5.41, 5.74) is 2.28. The minimum absolute atomic E-state index is 0.0354. The third-order valence-corrected chi connectivity index (χ3v) is 13.5. The topological polar surface area (TPSA) is 126 Å². The number of aryl methyl sites for hydroxylation is 3. The van der Waals surface area contributed by atoms with Crippen LogP contribution in [0.2, 0.25) is 0 Å². The molecule has 12 heteroatoms. The van der Waals surface area contributed by atoms with Gasteiger partial charge in [0.2, 0.25) is 0 Å². The van der Waals surface area contributed by atoms with Gasteiger partial charge in [0.1, 0.15) is 4.90 Å². The number of carbonyl (C=O) groups excluding carboxylic acids is 1. The van der Waals surface area contributed by atoms with Gasteiger partial charge in [-0.3, -0.25) is 4.79 Å². The summed E-state index contributed by atoms with van der Waals surface area (Å²) < 4.78 is 84.9. The lowest BCUT2D eigenvalue weighted by Crippen LogP contribution is -2.50. The van der Waals surface area contributed by atoms with E-state index in [9.17, 15) is 30.0 Å². The maximum atomic E-state index is 14.1. The highest BCUT2D eigenvalue weighted by atomic mass is 32.3. The summed E-state index contributed by atoms with van der Waals surface area (Å²) in [5.74, 6) is -0.839. The van der Waals surface area contributed by atoms with Crippen molar-refractivity contribution in [3.05, 3.63) is 125 Å². The van der Waals surface area contributed by atoms with Crippen molar-refractivity contribution in [1.82, 2.24) is 8.02 Å². The third kappa shape index (κ3) is 5.87. The summed E-state index contributed by atoms with van der Waals surface area (Å²) in [4.78, 5) is 12.8. The molecule has 1 aliphatic rings. The second-order valence-corrected chi connectivity index (χ2v) is 16.1. The van der Waals surface area contributed by atoms with Gasteiger partial charge >= 0.3 is 0 Å². The molecule has 0 bridgehead atoms. The SMILES string of the molecule is Cc1ccc(S(=O)(=O)N(CC(CCc2ccccc2)N2C(=O)c3ccccc3S2(=O)=O)S(=O)(=O)c2ccc(C)cc2)cc1. The fourth-order valence-corrected chi connectivity index (χ4v) is 10.5. The average Bonchev–Trinajstić information content (AvgIpc) is 3.19. The van der Waals surface area contributed by atoms with Crippen LogP contribution in [0, 0.1) is 13.8 Å². The number of fused-ring (bicyclic) bond motifs is 1. The van der Waals surface area contributed by atoms with Gasteiger partial charge in [-0.05, 0) is 68.7 Å². The lowest BCUT2D eigenvalue weighted by atomic mass is 10.0. The molecule has 0 saturated carbocycles. The highest BCUT2D eigenvalue weighted by Crippen LogP contribution is 2.35. The van der Waals surface area contributed by atoms with Gasteiger partial charge in [0.05, 0.1) is 27.9 Å². The van der Waals surface area contributed by atoms with Crippen LogP contribution in [0.25, 0.3) is 0 Å². The number of amides is 1. The first-order valence-corrected chi connectivity index (χ1v) is 17.8. The molecule has 0 fully saturated rings. The Balaban J connectivity index is 1.65. The van der Waals surface area contributed by atoms with Gasteiger partial charge in [0.15, 0.2) is 0 Å². The Morgan fingerprint density at radius 1 is 0.698 bits per heavy atom. The lowest BCUT2D eigenvalue weighted by molar-refractivity contribution is 0.0822. The molecule has 0 radical (unpaired) electrons. The van der Waals surface area contributed by atoms with Crippen LogP contribution in [0.15, 0.2) is 118 Å². The van der Waals surface area contributed by atoms with E-state index >= 15 is 0 Å². The number of carbonyl (C=O) groups is 1. The molecule has 1 aliphatic heterocycles. The van der Waals surface area contributed by atoms with Crippen LogP contribution in [0.1, 0.15) is 33.5 Å². The Labute approximate surface area is 252 Å². The molecule has 0 aliphatic carbocycles. The summed E-state index contributed by atoms with van der Waals surface area (Å²) in [6, 6.07) is 24.8. The summed E-state index contributed by atoms with van der Waals surface area (Å²) in [6.45, 7) is 2.70. The zero-order valence-corrected chi connectivity index (χ0v) is 25.9. The molecule has 0 aromatic heterocycles. The first-order chi connectivity index (χ1) is 20.3. The molecule has 5 rings (SSSR count). The first kappa shape index (κ1) is 30.6. The van der Waals surface area contributed by atoms with Gasteiger partial charge in [-0.15, -0.1) is 0 Å². The normalized spacial score (nSPS) is 15.4. The number of benzene rings is 4. The number of sulfonamides is 3. The Kier molecular flexibility index (Phi) is 8.32. The van der Waals surface area contributed by atoms with E-state index in [1.165, 1.54) is 48.5 Å². The molecule has 1 amide bonds. The zero-order chi connectivity index (χ0) is 31.0. The van der Waals surface area contributed by atoms with Crippen LogP contribution in [0.3, 0.4) is 0 Å². The average molecular weight is 639 g/mol. The van der Waals surface area contributed by atoms with Crippen molar-refractivity contribution in [2.24, 2.45) is 0 Å². The van der Waals surface area contributed by atoms with Crippen LogP contribution in [0.5, 0.6) is 0 Å². The van der Waals surface area contributed by atoms with E-state index in [2.05, 4.69) is 0 Å². The van der Waals surface area contributed by atoms with Gasteiger partial charge < -0.3 is 0 Å². The molecular weight excluding hydrogens is 609 g/mol. The molecule has 4 aromatic carbocycles. The van der Waals surface area contributed by atoms with Gasteiger partial charge in [0, 0.05) is 0 Å². The predicted octanol–water partition coefficient (Wildman–Crippen LogP) is 4.53. The second-order valence-electron chi connectivity index (χ2n) is 10.4. The van der Waals surface area contributed by atoms with Crippen LogP contribution in [0.4, 0.5) is 0 Å². The fraction of sp³-hybridized carbons (Fsp3) is 0.194.